The van der Waals surface area contributed by atoms with Gasteiger partial charge in [-0.15, -0.1) is 0 Å². The number of phosphoric ester groups is 1. The molecule has 0 aromatic heterocycles. The van der Waals surface area contributed by atoms with Gasteiger partial charge in [-0.1, -0.05) is 191 Å². The second-order valence-corrected chi connectivity index (χ2v) is 18.5. The summed E-state index contributed by atoms with van der Waals surface area (Å²) < 4.78 is 34.7. The first-order chi connectivity index (χ1) is 28.1. The summed E-state index contributed by atoms with van der Waals surface area (Å²) in [7, 11) is 1.35. The van der Waals surface area contributed by atoms with E-state index in [4.69, 9.17) is 18.5 Å². The van der Waals surface area contributed by atoms with E-state index in [2.05, 4.69) is 62.5 Å². The fraction of sp³-hybridized carbons (Fsp3) is 0.816. The molecule has 0 fully saturated rings. The molecule has 0 aliphatic heterocycles. The number of ether oxygens (including phenoxy) is 2. The van der Waals surface area contributed by atoms with Crippen molar-refractivity contribution in [3.8, 4) is 0 Å². The Balaban J connectivity index is 4.16. The van der Waals surface area contributed by atoms with E-state index in [0.29, 0.717) is 24.1 Å². The van der Waals surface area contributed by atoms with Crippen molar-refractivity contribution in [3.63, 3.8) is 0 Å². The maximum Gasteiger partial charge on any atom is 0.306 e. The van der Waals surface area contributed by atoms with Crippen LogP contribution in [0.15, 0.2) is 48.6 Å². The molecule has 0 amide bonds. The second kappa shape index (κ2) is 42.2. The molecular formula is C49H92NO7P. The number of likely N-dealkylation sites (N-methyl/N-ethyl adjacent to an activating group) is 1. The fourth-order valence-corrected chi connectivity index (χ4v) is 7.21. The molecule has 340 valence electrons. The van der Waals surface area contributed by atoms with Gasteiger partial charge in [0.15, 0.2) is 0 Å². The van der Waals surface area contributed by atoms with E-state index >= 15 is 0 Å². The van der Waals surface area contributed by atoms with Crippen molar-refractivity contribution in [3.05, 3.63) is 48.6 Å². The van der Waals surface area contributed by atoms with Gasteiger partial charge in [-0.05, 0) is 51.4 Å². The number of rotatable bonds is 44. The van der Waals surface area contributed by atoms with Gasteiger partial charge in [-0.2, -0.15) is 0 Å². The minimum atomic E-state index is -4.53. The van der Waals surface area contributed by atoms with Crippen LogP contribution in [0.2, 0.25) is 0 Å². The summed E-state index contributed by atoms with van der Waals surface area (Å²) in [6, 6.07) is 0. The molecule has 0 heterocycles. The van der Waals surface area contributed by atoms with Crippen LogP contribution in [-0.4, -0.2) is 70.7 Å². The van der Waals surface area contributed by atoms with E-state index in [-0.39, 0.29) is 25.8 Å². The number of carbonyl (C=O) groups excluding carboxylic acids is 1. The third kappa shape index (κ3) is 45.5. The van der Waals surface area contributed by atoms with Crippen molar-refractivity contribution in [1.29, 1.82) is 0 Å². The topological polar surface area (TPSA) is 94.1 Å². The zero-order chi connectivity index (χ0) is 42.7. The average Bonchev–Trinajstić information content (AvgIpc) is 3.18. The number of unbranched alkanes of at least 4 members (excludes halogenated alkanes) is 22. The molecule has 9 heteroatoms. The Morgan fingerprint density at radius 1 is 0.552 bits per heavy atom. The molecule has 0 bridgehead atoms. The van der Waals surface area contributed by atoms with Crippen molar-refractivity contribution >= 4 is 13.8 Å². The van der Waals surface area contributed by atoms with E-state index < -0.39 is 13.9 Å². The standard InChI is InChI=1S/C49H92NO7P/c1-6-8-10-12-14-16-18-20-22-23-24-25-26-27-28-29-31-33-35-37-39-41-44-54-46-48(47-56-58(52,53)55-45-43-50(3,4)5)57-49(51)42-40-38-36-34-32-30-21-19-17-15-13-11-9-7-2/h8,10,14,16,20,22,24-25,48H,6-7,9,11-13,15,17-19,21,23,26-47H2,1-5H3/b10-8-,16-14-,22-20-,25-24-. The van der Waals surface area contributed by atoms with E-state index in [0.717, 1.165) is 57.8 Å². The van der Waals surface area contributed by atoms with Crippen LogP contribution in [0, 0.1) is 0 Å². The summed E-state index contributed by atoms with van der Waals surface area (Å²) in [5.41, 5.74) is 0. The molecule has 0 saturated heterocycles. The third-order valence-corrected chi connectivity index (χ3v) is 11.1. The Morgan fingerprint density at radius 3 is 1.50 bits per heavy atom. The zero-order valence-corrected chi connectivity index (χ0v) is 39.4. The Kier molecular flexibility index (Phi) is 41.0. The molecule has 0 spiro atoms. The lowest BCUT2D eigenvalue weighted by Gasteiger charge is -2.28. The summed E-state index contributed by atoms with van der Waals surface area (Å²) in [6.07, 6.45) is 51.2. The van der Waals surface area contributed by atoms with Gasteiger partial charge in [-0.25, -0.2) is 0 Å². The quantitative estimate of drug-likeness (QED) is 0.0198. The van der Waals surface area contributed by atoms with Gasteiger partial charge >= 0.3 is 5.97 Å². The molecule has 0 aliphatic carbocycles. The van der Waals surface area contributed by atoms with Crippen molar-refractivity contribution < 1.29 is 37.3 Å². The third-order valence-electron chi connectivity index (χ3n) is 10.1. The number of phosphoric acid groups is 1. The highest BCUT2D eigenvalue weighted by Gasteiger charge is 2.20. The van der Waals surface area contributed by atoms with Gasteiger partial charge in [0.1, 0.15) is 19.3 Å². The van der Waals surface area contributed by atoms with Gasteiger partial charge < -0.3 is 27.9 Å². The van der Waals surface area contributed by atoms with Crippen LogP contribution >= 0.6 is 7.82 Å². The van der Waals surface area contributed by atoms with Crippen molar-refractivity contribution in [2.24, 2.45) is 0 Å². The number of quaternary nitrogens is 1. The lowest BCUT2D eigenvalue weighted by molar-refractivity contribution is -0.870. The molecule has 0 rings (SSSR count). The van der Waals surface area contributed by atoms with E-state index in [1.54, 1.807) is 0 Å². The minimum Gasteiger partial charge on any atom is -0.756 e. The predicted octanol–water partition coefficient (Wildman–Crippen LogP) is 13.7. The predicted molar refractivity (Wildman–Crippen MR) is 245 cm³/mol. The molecule has 0 radical (unpaired) electrons. The van der Waals surface area contributed by atoms with Crippen LogP contribution in [0.5, 0.6) is 0 Å². The van der Waals surface area contributed by atoms with Crippen molar-refractivity contribution in [1.82, 2.24) is 0 Å². The van der Waals surface area contributed by atoms with Gasteiger partial charge in [0.25, 0.3) is 7.82 Å². The summed E-state index contributed by atoms with van der Waals surface area (Å²) in [5.74, 6) is -0.336. The lowest BCUT2D eigenvalue weighted by Crippen LogP contribution is -2.37. The summed E-state index contributed by atoms with van der Waals surface area (Å²) in [4.78, 5) is 25.1. The van der Waals surface area contributed by atoms with E-state index in [1.165, 1.54) is 122 Å². The molecule has 58 heavy (non-hydrogen) atoms. The van der Waals surface area contributed by atoms with Gasteiger partial charge in [0, 0.05) is 13.0 Å². The maximum absolute atomic E-state index is 12.7. The fourth-order valence-electron chi connectivity index (χ4n) is 6.48. The van der Waals surface area contributed by atoms with Crippen LogP contribution in [0.4, 0.5) is 0 Å². The van der Waals surface area contributed by atoms with Crippen LogP contribution in [0.1, 0.15) is 200 Å². The number of hydrogen-bond acceptors (Lipinski definition) is 7. The number of esters is 1. The number of allylic oxidation sites excluding steroid dienone is 8. The first kappa shape index (κ1) is 56.5. The molecule has 0 N–H and O–H groups in total. The molecule has 2 unspecified atom stereocenters. The van der Waals surface area contributed by atoms with Crippen LogP contribution in [0.3, 0.4) is 0 Å². The van der Waals surface area contributed by atoms with Crippen LogP contribution in [0.25, 0.3) is 0 Å². The molecule has 0 aromatic carbocycles. The second-order valence-electron chi connectivity index (χ2n) is 17.1. The minimum absolute atomic E-state index is 0.0248. The lowest BCUT2D eigenvalue weighted by atomic mass is 10.0. The summed E-state index contributed by atoms with van der Waals surface area (Å²) in [6.45, 7) is 5.30. The SMILES string of the molecule is CC/C=C\C/C=C\C/C=C\C/C=C\CCCCCCCCCCCOCC(COP(=O)([O-])OCC[N+](C)(C)C)OC(=O)CCCCCCCCCCCCCCCC. The normalized spacial score (nSPS) is 14.1. The monoisotopic (exact) mass is 838 g/mol. The highest BCUT2D eigenvalue weighted by molar-refractivity contribution is 7.45. The average molecular weight is 838 g/mol. The highest BCUT2D eigenvalue weighted by Crippen LogP contribution is 2.38. The zero-order valence-electron chi connectivity index (χ0n) is 38.5. The molecule has 0 saturated carbocycles. The van der Waals surface area contributed by atoms with Gasteiger partial charge in [-0.3, -0.25) is 9.36 Å². The Labute approximate surface area is 358 Å². The largest absolute Gasteiger partial charge is 0.756 e. The van der Waals surface area contributed by atoms with Crippen LogP contribution < -0.4 is 4.89 Å². The van der Waals surface area contributed by atoms with E-state index in [1.807, 2.05) is 21.1 Å². The summed E-state index contributed by atoms with van der Waals surface area (Å²) in [5, 5.41) is 0. The maximum atomic E-state index is 12.7. The Bertz CT molecular complexity index is 1070. The highest BCUT2D eigenvalue weighted by atomic mass is 31.2. The molecule has 8 nitrogen and oxygen atoms in total. The van der Waals surface area contributed by atoms with E-state index in [9.17, 15) is 14.3 Å². The summed E-state index contributed by atoms with van der Waals surface area (Å²) >= 11 is 0. The molecule has 0 aliphatic rings. The number of nitrogens with zero attached hydrogens (tertiary/aromatic N) is 1. The van der Waals surface area contributed by atoms with Crippen molar-refractivity contribution in [2.75, 3.05) is 54.1 Å². The van der Waals surface area contributed by atoms with Gasteiger partial charge in [0.05, 0.1) is 34.4 Å². The number of hydrogen-bond donors (Lipinski definition) is 0. The van der Waals surface area contributed by atoms with Gasteiger partial charge in [0.2, 0.25) is 0 Å². The first-order valence-corrected chi connectivity index (χ1v) is 25.3. The van der Waals surface area contributed by atoms with Crippen molar-refractivity contribution in [2.45, 2.75) is 206 Å². The smallest absolute Gasteiger partial charge is 0.306 e. The number of carbonyl (C=O) groups is 1. The Hall–Kier alpha value is -1.54. The molecule has 0 aromatic rings. The Morgan fingerprint density at radius 2 is 1.00 bits per heavy atom. The molecule has 2 atom stereocenters. The first-order valence-electron chi connectivity index (χ1n) is 23.9. The van der Waals surface area contributed by atoms with Crippen LogP contribution in [-0.2, 0) is 27.9 Å². The molecular weight excluding hydrogens is 746 g/mol.